The molecule has 0 amide bonds. The number of likely N-dealkylation sites (N-methyl/N-ethyl adjacent to an activating group) is 1. The van der Waals surface area contributed by atoms with Crippen LogP contribution in [0.5, 0.6) is 0 Å². The molecule has 0 spiro atoms. The third-order valence-corrected chi connectivity index (χ3v) is 2.81. The van der Waals surface area contributed by atoms with Gasteiger partial charge >= 0.3 is 0 Å². The summed E-state index contributed by atoms with van der Waals surface area (Å²) < 4.78 is 0. The summed E-state index contributed by atoms with van der Waals surface area (Å²) >= 11 is 1.66. The third-order valence-electron chi connectivity index (χ3n) is 2.11. The Morgan fingerprint density at radius 2 is 2.21 bits per heavy atom. The van der Waals surface area contributed by atoms with Crippen LogP contribution in [0.2, 0.25) is 0 Å². The van der Waals surface area contributed by atoms with Crippen LogP contribution in [0.15, 0.2) is 11.6 Å². The van der Waals surface area contributed by atoms with Gasteiger partial charge in [0.05, 0.1) is 0 Å². The van der Waals surface area contributed by atoms with Gasteiger partial charge in [0.25, 0.3) is 0 Å². The lowest BCUT2D eigenvalue weighted by Gasteiger charge is -2.25. The molecule has 0 bridgehead atoms. The number of hydrogen-bond donors (Lipinski definition) is 1. The van der Waals surface area contributed by atoms with Crippen molar-refractivity contribution in [3.05, 3.63) is 11.6 Å². The van der Waals surface area contributed by atoms with Gasteiger partial charge < -0.3 is 10.2 Å². The molecule has 0 radical (unpaired) electrons. The fourth-order valence-corrected chi connectivity index (χ4v) is 1.86. The maximum atomic E-state index is 4.23. The van der Waals surface area contributed by atoms with E-state index in [9.17, 15) is 0 Å². The van der Waals surface area contributed by atoms with E-state index in [1.165, 1.54) is 0 Å². The van der Waals surface area contributed by atoms with Crippen molar-refractivity contribution >= 4 is 16.5 Å². The summed E-state index contributed by atoms with van der Waals surface area (Å²) in [6, 6.07) is 0.469. The molecule has 0 aliphatic heterocycles. The van der Waals surface area contributed by atoms with E-state index in [0.29, 0.717) is 12.0 Å². The minimum absolute atomic E-state index is 0.469. The van der Waals surface area contributed by atoms with E-state index in [4.69, 9.17) is 0 Å². The minimum atomic E-state index is 0.469. The first-order chi connectivity index (χ1) is 6.59. The number of anilines is 1. The van der Waals surface area contributed by atoms with Crippen LogP contribution < -0.4 is 5.32 Å². The second kappa shape index (κ2) is 5.32. The van der Waals surface area contributed by atoms with Gasteiger partial charge in [0.15, 0.2) is 5.13 Å². The van der Waals surface area contributed by atoms with E-state index in [-0.39, 0.29) is 0 Å². The average Bonchev–Trinajstić information content (AvgIpc) is 2.54. The number of nitrogens with one attached hydrogen (secondary N) is 1. The summed E-state index contributed by atoms with van der Waals surface area (Å²) in [4.78, 5) is 6.43. The molecule has 0 fully saturated rings. The Kier molecular flexibility index (Phi) is 4.35. The van der Waals surface area contributed by atoms with Crippen molar-refractivity contribution < 1.29 is 0 Å². The highest BCUT2D eigenvalue weighted by atomic mass is 32.1. The second-order valence-corrected chi connectivity index (χ2v) is 4.99. The van der Waals surface area contributed by atoms with Crippen LogP contribution in [-0.2, 0) is 0 Å². The van der Waals surface area contributed by atoms with Gasteiger partial charge in [-0.25, -0.2) is 4.98 Å². The molecule has 0 saturated heterocycles. The molecule has 1 aromatic heterocycles. The monoisotopic (exact) mass is 213 g/mol. The SMILES string of the molecule is CC(C)C(CN(C)C)Nc1nccs1. The van der Waals surface area contributed by atoms with E-state index in [2.05, 4.69) is 43.1 Å². The van der Waals surface area contributed by atoms with Crippen molar-refractivity contribution in [3.63, 3.8) is 0 Å². The highest BCUT2D eigenvalue weighted by Gasteiger charge is 2.14. The first-order valence-electron chi connectivity index (χ1n) is 4.90. The molecule has 0 aliphatic rings. The molecule has 4 heteroatoms. The lowest BCUT2D eigenvalue weighted by atomic mass is 10.0. The van der Waals surface area contributed by atoms with Gasteiger partial charge in [-0.05, 0) is 20.0 Å². The zero-order valence-electron chi connectivity index (χ0n) is 9.32. The number of aromatic nitrogens is 1. The summed E-state index contributed by atoms with van der Waals surface area (Å²) in [6.45, 7) is 5.50. The topological polar surface area (TPSA) is 28.2 Å². The van der Waals surface area contributed by atoms with Crippen LogP contribution in [0.4, 0.5) is 5.13 Å². The highest BCUT2D eigenvalue weighted by Crippen LogP contribution is 2.15. The third kappa shape index (κ3) is 3.64. The Balaban J connectivity index is 2.51. The molecule has 14 heavy (non-hydrogen) atoms. The molecule has 1 rings (SSSR count). The normalized spacial score (nSPS) is 13.6. The number of hydrogen-bond acceptors (Lipinski definition) is 4. The molecule has 1 aromatic rings. The highest BCUT2D eigenvalue weighted by molar-refractivity contribution is 7.13. The molecule has 1 atom stereocenters. The number of rotatable bonds is 5. The van der Waals surface area contributed by atoms with Gasteiger partial charge in [-0.2, -0.15) is 0 Å². The maximum Gasteiger partial charge on any atom is 0.182 e. The zero-order valence-corrected chi connectivity index (χ0v) is 10.1. The lowest BCUT2D eigenvalue weighted by molar-refractivity contribution is 0.344. The van der Waals surface area contributed by atoms with E-state index in [1.54, 1.807) is 11.3 Å². The Morgan fingerprint density at radius 1 is 1.50 bits per heavy atom. The molecule has 3 nitrogen and oxygen atoms in total. The van der Waals surface area contributed by atoms with Gasteiger partial charge in [-0.1, -0.05) is 13.8 Å². The largest absolute Gasteiger partial charge is 0.357 e. The Morgan fingerprint density at radius 3 is 2.64 bits per heavy atom. The Labute approximate surface area is 90.2 Å². The minimum Gasteiger partial charge on any atom is -0.357 e. The van der Waals surface area contributed by atoms with E-state index >= 15 is 0 Å². The van der Waals surface area contributed by atoms with Crippen LogP contribution in [0.1, 0.15) is 13.8 Å². The van der Waals surface area contributed by atoms with Gasteiger partial charge in [0.2, 0.25) is 0 Å². The smallest absolute Gasteiger partial charge is 0.182 e. The van der Waals surface area contributed by atoms with Gasteiger partial charge in [0.1, 0.15) is 0 Å². The second-order valence-electron chi connectivity index (χ2n) is 4.09. The van der Waals surface area contributed by atoms with Crippen LogP contribution in [-0.4, -0.2) is 36.6 Å². The predicted octanol–water partition coefficient (Wildman–Crippen LogP) is 2.14. The number of thiazole rings is 1. The quantitative estimate of drug-likeness (QED) is 0.812. The molecule has 0 saturated carbocycles. The van der Waals surface area contributed by atoms with Crippen molar-refractivity contribution in [1.82, 2.24) is 9.88 Å². The van der Waals surface area contributed by atoms with E-state index in [0.717, 1.165) is 11.7 Å². The molecule has 1 unspecified atom stereocenters. The summed E-state index contributed by atoms with van der Waals surface area (Å²) in [6.07, 6.45) is 1.83. The van der Waals surface area contributed by atoms with Gasteiger partial charge in [0, 0.05) is 24.2 Å². The molecule has 80 valence electrons. The molecule has 1 N–H and O–H groups in total. The van der Waals surface area contributed by atoms with E-state index in [1.807, 2.05) is 11.6 Å². The molecule has 1 heterocycles. The van der Waals surface area contributed by atoms with E-state index < -0.39 is 0 Å². The number of nitrogens with zero attached hydrogens (tertiary/aromatic N) is 2. The van der Waals surface area contributed by atoms with Crippen LogP contribution in [0.25, 0.3) is 0 Å². The predicted molar refractivity (Wildman–Crippen MR) is 62.9 cm³/mol. The Hall–Kier alpha value is -0.610. The van der Waals surface area contributed by atoms with Crippen molar-refractivity contribution in [2.75, 3.05) is 26.0 Å². The van der Waals surface area contributed by atoms with Crippen LogP contribution in [0.3, 0.4) is 0 Å². The van der Waals surface area contributed by atoms with Gasteiger partial charge in [-0.3, -0.25) is 0 Å². The van der Waals surface area contributed by atoms with Crippen molar-refractivity contribution in [2.45, 2.75) is 19.9 Å². The Bertz CT molecular complexity index is 244. The fraction of sp³-hybridized carbons (Fsp3) is 0.700. The summed E-state index contributed by atoms with van der Waals surface area (Å²) in [5.74, 6) is 0.612. The molecule has 0 aromatic carbocycles. The fourth-order valence-electron chi connectivity index (χ4n) is 1.27. The van der Waals surface area contributed by atoms with Crippen molar-refractivity contribution in [2.24, 2.45) is 5.92 Å². The van der Waals surface area contributed by atoms with Crippen LogP contribution in [0, 0.1) is 5.92 Å². The maximum absolute atomic E-state index is 4.23. The van der Waals surface area contributed by atoms with Gasteiger partial charge in [-0.15, -0.1) is 11.3 Å². The van der Waals surface area contributed by atoms with Crippen molar-refractivity contribution in [1.29, 1.82) is 0 Å². The summed E-state index contributed by atoms with van der Waals surface area (Å²) in [7, 11) is 4.19. The standard InChI is InChI=1S/C10H19N3S/c1-8(2)9(7-13(3)4)12-10-11-5-6-14-10/h5-6,8-9H,7H2,1-4H3,(H,11,12). The lowest BCUT2D eigenvalue weighted by Crippen LogP contribution is -2.36. The summed E-state index contributed by atoms with van der Waals surface area (Å²) in [5, 5.41) is 6.47. The zero-order chi connectivity index (χ0) is 10.6. The first-order valence-corrected chi connectivity index (χ1v) is 5.78. The molecular weight excluding hydrogens is 194 g/mol. The van der Waals surface area contributed by atoms with Crippen LogP contribution >= 0.6 is 11.3 Å². The average molecular weight is 213 g/mol. The van der Waals surface area contributed by atoms with Crippen molar-refractivity contribution in [3.8, 4) is 0 Å². The molecule has 0 aliphatic carbocycles. The molecular formula is C10H19N3S. The first kappa shape index (κ1) is 11.5. The summed E-state index contributed by atoms with van der Waals surface area (Å²) in [5.41, 5.74) is 0.